The number of ether oxygens (including phenoxy) is 1. The second kappa shape index (κ2) is 5.34. The van der Waals surface area contributed by atoms with Gasteiger partial charge in [0.25, 0.3) is 6.35 Å². The Hall–Kier alpha value is -1.63. The molecule has 0 aromatic carbocycles. The van der Waals surface area contributed by atoms with E-state index in [-0.39, 0.29) is 12.5 Å². The molecule has 0 spiro atoms. The lowest BCUT2D eigenvalue weighted by Crippen LogP contribution is -2.13. The zero-order valence-electron chi connectivity index (χ0n) is 9.72. The number of rotatable bonds is 5. The minimum Gasteiger partial charge on any atom is -0.381 e. The Morgan fingerprint density at radius 2 is 2.39 bits per heavy atom. The van der Waals surface area contributed by atoms with E-state index in [0.29, 0.717) is 17.9 Å². The molecular weight excluding hydrogens is 257 g/mol. The van der Waals surface area contributed by atoms with Crippen LogP contribution in [0.4, 0.5) is 5.82 Å². The van der Waals surface area contributed by atoms with Gasteiger partial charge in [-0.1, -0.05) is 0 Å². The van der Waals surface area contributed by atoms with Gasteiger partial charge < -0.3 is 10.5 Å². The average Bonchev–Trinajstić information content (AvgIpc) is 2.72. The standard InChI is InChI=1S/C9H12N5O3P/c1-6(17-5-18(15)16)2-7-3-11-9-8(10)12-4-13-14(7)9/h3-4,6H,2,5H2,1H3,(H2-,10,12,13,15,16)/p+1/t6-/m1/s1. The summed E-state index contributed by atoms with van der Waals surface area (Å²) in [7, 11) is -2.28. The lowest BCUT2D eigenvalue weighted by Gasteiger charge is -2.08. The fraction of sp³-hybridized carbons (Fsp3) is 0.444. The van der Waals surface area contributed by atoms with Crippen LogP contribution in [0.2, 0.25) is 0 Å². The van der Waals surface area contributed by atoms with E-state index in [1.165, 1.54) is 6.33 Å². The van der Waals surface area contributed by atoms with Crippen molar-refractivity contribution in [1.82, 2.24) is 19.6 Å². The molecule has 2 heterocycles. The van der Waals surface area contributed by atoms with Crippen LogP contribution in [0.3, 0.4) is 0 Å². The number of nitrogens with two attached hydrogens (primary N) is 1. The van der Waals surface area contributed by atoms with Gasteiger partial charge >= 0.3 is 8.03 Å². The molecule has 0 bridgehead atoms. The van der Waals surface area contributed by atoms with Crippen LogP contribution in [-0.2, 0) is 15.7 Å². The van der Waals surface area contributed by atoms with Crippen LogP contribution in [-0.4, -0.2) is 36.9 Å². The fourth-order valence-corrected chi connectivity index (χ4v) is 1.95. The van der Waals surface area contributed by atoms with E-state index in [1.54, 1.807) is 10.7 Å². The van der Waals surface area contributed by atoms with Crippen LogP contribution in [0.5, 0.6) is 0 Å². The quantitative estimate of drug-likeness (QED) is 0.753. The van der Waals surface area contributed by atoms with Gasteiger partial charge in [0.2, 0.25) is 0 Å². The molecule has 0 radical (unpaired) electrons. The predicted octanol–water partition coefficient (Wildman–Crippen LogP) is 0.346. The Kier molecular flexibility index (Phi) is 3.81. The molecule has 0 aliphatic heterocycles. The molecule has 3 N–H and O–H groups in total. The zero-order chi connectivity index (χ0) is 13.1. The first-order valence-corrected chi connectivity index (χ1v) is 6.66. The average molecular weight is 270 g/mol. The molecule has 2 aromatic rings. The lowest BCUT2D eigenvalue weighted by molar-refractivity contribution is 0.0968. The van der Waals surface area contributed by atoms with Crippen LogP contribution >= 0.6 is 8.03 Å². The van der Waals surface area contributed by atoms with Crippen LogP contribution in [0.1, 0.15) is 12.6 Å². The lowest BCUT2D eigenvalue weighted by atomic mass is 10.2. The van der Waals surface area contributed by atoms with E-state index >= 15 is 0 Å². The summed E-state index contributed by atoms with van der Waals surface area (Å²) in [5, 5.41) is 4.05. The second-order valence-electron chi connectivity index (χ2n) is 3.79. The Balaban J connectivity index is 2.12. The number of hydrogen-bond donors (Lipinski definition) is 2. The number of hydrogen-bond acceptors (Lipinski definition) is 6. The maximum Gasteiger partial charge on any atom is 0.534 e. The number of fused-ring (bicyclic) bond motifs is 1. The third kappa shape index (κ3) is 2.79. The van der Waals surface area contributed by atoms with Gasteiger partial charge in [-0.15, -0.1) is 0 Å². The van der Waals surface area contributed by atoms with E-state index < -0.39 is 8.03 Å². The largest absolute Gasteiger partial charge is 0.534 e. The van der Waals surface area contributed by atoms with Gasteiger partial charge in [-0.25, -0.2) is 14.5 Å². The van der Waals surface area contributed by atoms with Gasteiger partial charge in [0.1, 0.15) is 6.33 Å². The Bertz CT molecular complexity index is 572. The normalized spacial score (nSPS) is 13.8. The molecule has 0 aliphatic rings. The number of aromatic nitrogens is 4. The minimum absolute atomic E-state index is 0.176. The summed E-state index contributed by atoms with van der Waals surface area (Å²) >= 11 is 0. The molecule has 0 saturated carbocycles. The van der Waals surface area contributed by atoms with E-state index in [0.717, 1.165) is 5.69 Å². The molecule has 1 unspecified atom stereocenters. The van der Waals surface area contributed by atoms with E-state index in [1.807, 2.05) is 6.92 Å². The highest BCUT2D eigenvalue weighted by Crippen LogP contribution is 2.16. The molecule has 2 aromatic heterocycles. The van der Waals surface area contributed by atoms with Gasteiger partial charge in [-0.3, -0.25) is 0 Å². The summed E-state index contributed by atoms with van der Waals surface area (Å²) < 4.78 is 17.3. The maximum atomic E-state index is 10.5. The van der Waals surface area contributed by atoms with Crippen LogP contribution in [0.15, 0.2) is 12.5 Å². The van der Waals surface area contributed by atoms with Gasteiger partial charge in [0.05, 0.1) is 18.0 Å². The SMILES string of the molecule is C[C@H](Cc1cnc2c(N)ncnn12)OC[P+](=O)O. The highest BCUT2D eigenvalue weighted by Gasteiger charge is 2.16. The van der Waals surface area contributed by atoms with E-state index in [4.69, 9.17) is 15.4 Å². The van der Waals surface area contributed by atoms with Crippen LogP contribution in [0.25, 0.3) is 5.65 Å². The Morgan fingerprint density at radius 1 is 1.61 bits per heavy atom. The predicted molar refractivity (Wildman–Crippen MR) is 64.1 cm³/mol. The first kappa shape index (κ1) is 12.8. The monoisotopic (exact) mass is 270 g/mol. The van der Waals surface area contributed by atoms with Gasteiger partial charge in [-0.05, 0) is 11.5 Å². The second-order valence-corrected chi connectivity index (χ2v) is 4.76. The molecule has 0 aliphatic carbocycles. The molecule has 2 atom stereocenters. The van der Waals surface area contributed by atoms with Crippen molar-refractivity contribution in [3.8, 4) is 0 Å². The van der Waals surface area contributed by atoms with E-state index in [2.05, 4.69) is 15.1 Å². The third-order valence-corrected chi connectivity index (χ3v) is 2.74. The minimum atomic E-state index is -2.28. The molecule has 96 valence electrons. The van der Waals surface area contributed by atoms with Gasteiger partial charge in [0.15, 0.2) is 11.5 Å². The van der Waals surface area contributed by atoms with Crippen molar-refractivity contribution in [2.45, 2.75) is 19.4 Å². The number of nitrogen functional groups attached to an aromatic ring is 1. The van der Waals surface area contributed by atoms with Crippen molar-refractivity contribution in [3.63, 3.8) is 0 Å². The maximum absolute atomic E-state index is 10.5. The summed E-state index contributed by atoms with van der Waals surface area (Å²) in [6.45, 7) is 1.81. The first-order chi connectivity index (χ1) is 8.58. The van der Waals surface area contributed by atoms with Crippen molar-refractivity contribution in [2.24, 2.45) is 0 Å². The molecule has 0 saturated heterocycles. The molecule has 2 rings (SSSR count). The molecule has 0 amide bonds. The zero-order valence-corrected chi connectivity index (χ0v) is 10.6. The summed E-state index contributed by atoms with van der Waals surface area (Å²) in [6, 6.07) is 0. The van der Waals surface area contributed by atoms with Crippen LogP contribution < -0.4 is 5.73 Å². The van der Waals surface area contributed by atoms with Crippen molar-refractivity contribution in [2.75, 3.05) is 12.1 Å². The van der Waals surface area contributed by atoms with Crippen molar-refractivity contribution in [3.05, 3.63) is 18.2 Å². The summed E-state index contributed by atoms with van der Waals surface area (Å²) in [4.78, 5) is 16.6. The molecule has 9 heteroatoms. The third-order valence-electron chi connectivity index (χ3n) is 2.37. The number of anilines is 1. The highest BCUT2D eigenvalue weighted by atomic mass is 31.1. The first-order valence-electron chi connectivity index (χ1n) is 5.26. The Labute approximate surface area is 104 Å². The molecular formula is C9H13N5O3P+. The van der Waals surface area contributed by atoms with E-state index in [9.17, 15) is 4.57 Å². The van der Waals surface area contributed by atoms with Crippen molar-refractivity contribution >= 4 is 19.5 Å². The highest BCUT2D eigenvalue weighted by molar-refractivity contribution is 7.37. The van der Waals surface area contributed by atoms with Crippen molar-refractivity contribution < 1.29 is 14.2 Å². The summed E-state index contributed by atoms with van der Waals surface area (Å²) in [5.74, 6) is 0.309. The number of nitrogens with zero attached hydrogens (tertiary/aromatic N) is 4. The molecule has 18 heavy (non-hydrogen) atoms. The van der Waals surface area contributed by atoms with Gasteiger partial charge in [0, 0.05) is 6.42 Å². The smallest absolute Gasteiger partial charge is 0.381 e. The topological polar surface area (TPSA) is 116 Å². The summed E-state index contributed by atoms with van der Waals surface area (Å²) in [6.07, 6.45) is 3.11. The number of imidazole rings is 1. The fourth-order valence-electron chi connectivity index (χ4n) is 1.57. The molecule has 8 nitrogen and oxygen atoms in total. The van der Waals surface area contributed by atoms with Crippen LogP contribution in [0, 0.1) is 0 Å². The van der Waals surface area contributed by atoms with Gasteiger partial charge in [-0.2, -0.15) is 9.99 Å². The Morgan fingerprint density at radius 3 is 3.11 bits per heavy atom. The van der Waals surface area contributed by atoms with Crippen molar-refractivity contribution in [1.29, 1.82) is 0 Å². The molecule has 0 fully saturated rings. The summed E-state index contributed by atoms with van der Waals surface area (Å²) in [5.41, 5.74) is 6.96.